The molecular formula is C21H29ClN4O3. The van der Waals surface area contributed by atoms with Crippen LogP contribution >= 0.6 is 12.4 Å². The van der Waals surface area contributed by atoms with Gasteiger partial charge in [0.1, 0.15) is 5.75 Å². The Hall–Kier alpha value is -2.38. The van der Waals surface area contributed by atoms with Crippen LogP contribution in [0.2, 0.25) is 0 Å². The zero-order valence-electron chi connectivity index (χ0n) is 17.4. The number of hydrogen-bond donors (Lipinski definition) is 1. The molecule has 0 fully saturated rings. The first-order chi connectivity index (χ1) is 13.5. The van der Waals surface area contributed by atoms with Crippen molar-refractivity contribution in [2.75, 3.05) is 6.61 Å². The number of pyridine rings is 1. The highest BCUT2D eigenvalue weighted by Gasteiger charge is 2.19. The molecule has 0 bridgehead atoms. The molecule has 0 saturated heterocycles. The number of nitrogens with zero attached hydrogens (tertiary/aromatic N) is 3. The fourth-order valence-electron chi connectivity index (χ4n) is 3.26. The summed E-state index contributed by atoms with van der Waals surface area (Å²) in [6.07, 6.45) is 1.95. The van der Waals surface area contributed by atoms with Gasteiger partial charge in [-0.3, -0.25) is 4.79 Å². The van der Waals surface area contributed by atoms with Crippen LogP contribution in [0.1, 0.15) is 45.2 Å². The molecule has 2 aromatic heterocycles. The molecule has 0 saturated carbocycles. The van der Waals surface area contributed by atoms with E-state index in [1.807, 2.05) is 18.2 Å². The van der Waals surface area contributed by atoms with Crippen LogP contribution in [0.25, 0.3) is 22.2 Å². The Morgan fingerprint density at radius 1 is 1.28 bits per heavy atom. The van der Waals surface area contributed by atoms with Crippen molar-refractivity contribution in [3.05, 3.63) is 40.1 Å². The zero-order valence-corrected chi connectivity index (χ0v) is 18.2. The van der Waals surface area contributed by atoms with Crippen molar-refractivity contribution < 1.29 is 9.26 Å². The number of fused-ring (bicyclic) bond motifs is 1. The van der Waals surface area contributed by atoms with Crippen LogP contribution in [0, 0.1) is 12.8 Å². The highest BCUT2D eigenvalue weighted by molar-refractivity contribution is 5.91. The number of nitrogens with two attached hydrogens (primary N) is 1. The summed E-state index contributed by atoms with van der Waals surface area (Å²) in [6, 6.07) is 5.54. The smallest absolute Gasteiger partial charge is 0.258 e. The molecule has 0 aliphatic carbocycles. The Morgan fingerprint density at radius 2 is 2.03 bits per heavy atom. The Balaban J connectivity index is 0.00000300. The minimum Gasteiger partial charge on any atom is -0.491 e. The number of aryl methyl sites for hydroxylation is 1. The molecule has 0 aliphatic rings. The van der Waals surface area contributed by atoms with Gasteiger partial charge in [-0.15, -0.1) is 12.4 Å². The topological polar surface area (TPSA) is 96.2 Å². The third-order valence-electron chi connectivity index (χ3n) is 4.60. The second-order valence-corrected chi connectivity index (χ2v) is 7.39. The lowest BCUT2D eigenvalue weighted by Crippen LogP contribution is -2.28. The molecule has 29 heavy (non-hydrogen) atoms. The number of ether oxygens (including phenoxy) is 1. The number of aromatic nitrogens is 3. The van der Waals surface area contributed by atoms with E-state index in [-0.39, 0.29) is 24.5 Å². The molecule has 3 aromatic rings. The Bertz CT molecular complexity index is 1030. The average Bonchev–Trinajstić information content (AvgIpc) is 3.11. The molecule has 0 unspecified atom stereocenters. The van der Waals surface area contributed by atoms with Gasteiger partial charge in [-0.1, -0.05) is 38.4 Å². The summed E-state index contributed by atoms with van der Waals surface area (Å²) in [4.78, 5) is 17.5. The summed E-state index contributed by atoms with van der Waals surface area (Å²) >= 11 is 0. The van der Waals surface area contributed by atoms with Gasteiger partial charge >= 0.3 is 0 Å². The molecule has 2 N–H and O–H groups in total. The summed E-state index contributed by atoms with van der Waals surface area (Å²) in [5, 5.41) is 5.33. The van der Waals surface area contributed by atoms with Crippen LogP contribution in [0.15, 0.2) is 27.5 Å². The fraction of sp³-hybridized carbons (Fsp3) is 0.476. The predicted octanol–water partition coefficient (Wildman–Crippen LogP) is 4.08. The minimum absolute atomic E-state index is 0. The SMILES string of the molecule is CCCCOc1c(CN)n(CC(C)C)c(=O)c2ccc(-c3noc(C)n3)cc12.Cl. The monoisotopic (exact) mass is 420 g/mol. The van der Waals surface area contributed by atoms with Crippen LogP contribution < -0.4 is 16.0 Å². The molecule has 2 heterocycles. The number of rotatable bonds is 8. The molecule has 3 rings (SSSR count). The predicted molar refractivity (Wildman–Crippen MR) is 117 cm³/mol. The zero-order chi connectivity index (χ0) is 20.3. The van der Waals surface area contributed by atoms with Gasteiger partial charge in [0.25, 0.3) is 5.56 Å². The first kappa shape index (κ1) is 22.9. The lowest BCUT2D eigenvalue weighted by atomic mass is 10.0. The van der Waals surface area contributed by atoms with E-state index in [9.17, 15) is 4.79 Å². The van der Waals surface area contributed by atoms with Gasteiger partial charge in [0, 0.05) is 31.0 Å². The molecular weight excluding hydrogens is 392 g/mol. The van der Waals surface area contributed by atoms with Crippen LogP contribution in [0.5, 0.6) is 5.75 Å². The van der Waals surface area contributed by atoms with Gasteiger partial charge in [-0.2, -0.15) is 4.98 Å². The number of benzene rings is 1. The molecule has 0 aliphatic heterocycles. The van der Waals surface area contributed by atoms with Crippen molar-refractivity contribution in [1.29, 1.82) is 0 Å². The first-order valence-electron chi connectivity index (χ1n) is 9.79. The molecule has 0 atom stereocenters. The highest BCUT2D eigenvalue weighted by Crippen LogP contribution is 2.31. The van der Waals surface area contributed by atoms with Gasteiger partial charge in [-0.05, 0) is 24.5 Å². The first-order valence-corrected chi connectivity index (χ1v) is 9.79. The normalized spacial score (nSPS) is 11.1. The standard InChI is InChI=1S/C21H28N4O3.ClH/c1-5-6-9-27-19-17-10-15(20-23-14(4)28-24-20)7-8-16(17)21(26)25(12-13(2)3)18(19)11-22;/h7-8,10,13H,5-6,9,11-12,22H2,1-4H3;1H. The molecule has 158 valence electrons. The largest absolute Gasteiger partial charge is 0.491 e. The van der Waals surface area contributed by atoms with E-state index in [4.69, 9.17) is 15.0 Å². The molecule has 1 aromatic carbocycles. The summed E-state index contributed by atoms with van der Waals surface area (Å²) in [6.45, 7) is 9.41. The average molecular weight is 421 g/mol. The van der Waals surface area contributed by atoms with E-state index in [2.05, 4.69) is 30.9 Å². The molecule has 8 heteroatoms. The van der Waals surface area contributed by atoms with Gasteiger partial charge in [0.05, 0.1) is 17.7 Å². The van der Waals surface area contributed by atoms with Gasteiger partial charge in [0.15, 0.2) is 0 Å². The van der Waals surface area contributed by atoms with Crippen molar-refractivity contribution in [2.45, 2.75) is 53.6 Å². The van der Waals surface area contributed by atoms with E-state index in [0.29, 0.717) is 41.9 Å². The third kappa shape index (κ3) is 4.79. The molecule has 7 nitrogen and oxygen atoms in total. The van der Waals surface area contributed by atoms with Gasteiger partial charge in [-0.25, -0.2) is 0 Å². The summed E-state index contributed by atoms with van der Waals surface area (Å²) in [7, 11) is 0. The van der Waals surface area contributed by atoms with Crippen LogP contribution in [-0.4, -0.2) is 21.3 Å². The minimum atomic E-state index is -0.0529. The van der Waals surface area contributed by atoms with Gasteiger partial charge < -0.3 is 19.6 Å². The third-order valence-corrected chi connectivity index (χ3v) is 4.60. The van der Waals surface area contributed by atoms with Crippen molar-refractivity contribution in [3.8, 4) is 17.1 Å². The van der Waals surface area contributed by atoms with Crippen molar-refractivity contribution >= 4 is 23.2 Å². The maximum absolute atomic E-state index is 13.2. The van der Waals surface area contributed by atoms with E-state index in [1.54, 1.807) is 11.5 Å². The van der Waals surface area contributed by atoms with E-state index in [0.717, 1.165) is 29.5 Å². The molecule has 0 radical (unpaired) electrons. The molecule has 0 amide bonds. The van der Waals surface area contributed by atoms with Crippen molar-refractivity contribution in [3.63, 3.8) is 0 Å². The molecule has 0 spiro atoms. The van der Waals surface area contributed by atoms with Crippen molar-refractivity contribution in [1.82, 2.24) is 14.7 Å². The van der Waals surface area contributed by atoms with Crippen LogP contribution in [-0.2, 0) is 13.1 Å². The van der Waals surface area contributed by atoms with E-state index >= 15 is 0 Å². The number of unbranched alkanes of at least 4 members (excludes halogenated alkanes) is 1. The maximum atomic E-state index is 13.2. The second kappa shape index (κ2) is 9.89. The number of halogens is 1. The summed E-state index contributed by atoms with van der Waals surface area (Å²) in [5.41, 5.74) is 7.51. The summed E-state index contributed by atoms with van der Waals surface area (Å²) in [5.74, 6) is 1.96. The lowest BCUT2D eigenvalue weighted by molar-refractivity contribution is 0.304. The van der Waals surface area contributed by atoms with Crippen LogP contribution in [0.4, 0.5) is 0 Å². The Morgan fingerprint density at radius 3 is 2.62 bits per heavy atom. The van der Waals surface area contributed by atoms with E-state index in [1.165, 1.54) is 0 Å². The quantitative estimate of drug-likeness (QED) is 0.551. The lowest BCUT2D eigenvalue weighted by Gasteiger charge is -2.20. The maximum Gasteiger partial charge on any atom is 0.258 e. The summed E-state index contributed by atoms with van der Waals surface area (Å²) < 4.78 is 13.0. The Labute approximate surface area is 176 Å². The fourth-order valence-corrected chi connectivity index (χ4v) is 3.26. The van der Waals surface area contributed by atoms with Gasteiger partial charge in [0.2, 0.25) is 11.7 Å². The number of hydrogen-bond acceptors (Lipinski definition) is 6. The van der Waals surface area contributed by atoms with Crippen molar-refractivity contribution in [2.24, 2.45) is 11.7 Å². The van der Waals surface area contributed by atoms with Crippen LogP contribution in [0.3, 0.4) is 0 Å². The van der Waals surface area contributed by atoms with E-state index < -0.39 is 0 Å². The second-order valence-electron chi connectivity index (χ2n) is 7.39. The highest BCUT2D eigenvalue weighted by atomic mass is 35.5. The Kier molecular flexibility index (Phi) is 7.81.